The van der Waals surface area contributed by atoms with Crippen LogP contribution in [0.1, 0.15) is 66.2 Å². The van der Waals surface area contributed by atoms with Gasteiger partial charge >= 0.3 is 5.97 Å². The molecule has 4 N–H and O–H groups in total. The van der Waals surface area contributed by atoms with Gasteiger partial charge in [0.1, 0.15) is 6.29 Å². The van der Waals surface area contributed by atoms with Crippen LogP contribution < -0.4 is 11.1 Å². The molecule has 0 spiro atoms. The molecule has 0 heterocycles. The Morgan fingerprint density at radius 2 is 1.95 bits per heavy atom. The van der Waals surface area contributed by atoms with Crippen molar-refractivity contribution < 1.29 is 14.7 Å². The zero-order chi connectivity index (χ0) is 17.0. The number of aldehydes is 1. The summed E-state index contributed by atoms with van der Waals surface area (Å²) >= 11 is 0. The summed E-state index contributed by atoms with van der Waals surface area (Å²) in [7, 11) is 0. The average molecular weight is 312 g/mol. The molecule has 22 heavy (non-hydrogen) atoms. The van der Waals surface area contributed by atoms with Crippen molar-refractivity contribution in [2.45, 2.75) is 77.8 Å². The van der Waals surface area contributed by atoms with E-state index in [-0.39, 0.29) is 6.42 Å². The first-order valence-corrected chi connectivity index (χ1v) is 8.21. The van der Waals surface area contributed by atoms with E-state index in [0.29, 0.717) is 23.7 Å². The van der Waals surface area contributed by atoms with Gasteiger partial charge < -0.3 is 21.0 Å². The normalized spacial score (nSPS) is 21.0. The van der Waals surface area contributed by atoms with E-state index in [9.17, 15) is 9.59 Å². The van der Waals surface area contributed by atoms with Gasteiger partial charge in [-0.2, -0.15) is 0 Å². The number of nitrogens with two attached hydrogens (primary N) is 1. The Bertz CT molecular complexity index is 395. The van der Waals surface area contributed by atoms with Gasteiger partial charge in [0, 0.05) is 12.1 Å². The van der Waals surface area contributed by atoms with Gasteiger partial charge in [0.2, 0.25) is 0 Å². The van der Waals surface area contributed by atoms with Crippen LogP contribution in [0.3, 0.4) is 0 Å². The first-order chi connectivity index (χ1) is 10.0. The summed E-state index contributed by atoms with van der Waals surface area (Å²) in [5.41, 5.74) is 6.69. The predicted molar refractivity (Wildman–Crippen MR) is 87.7 cm³/mol. The van der Waals surface area contributed by atoms with Gasteiger partial charge in [-0.1, -0.05) is 27.2 Å². The monoisotopic (exact) mass is 312 g/mol. The Kier molecular flexibility index (Phi) is 6.16. The highest BCUT2D eigenvalue weighted by Gasteiger charge is 2.50. The molecule has 1 fully saturated rings. The topological polar surface area (TPSA) is 92.4 Å². The summed E-state index contributed by atoms with van der Waals surface area (Å²) in [5.74, 6) is -0.982. The minimum absolute atomic E-state index is 0.202. The molecule has 1 aliphatic rings. The Balaban J connectivity index is 2.35. The van der Waals surface area contributed by atoms with Crippen LogP contribution >= 0.6 is 0 Å². The lowest BCUT2D eigenvalue weighted by molar-refractivity contribution is -0.138. The number of carbonyl (C=O) groups is 2. The van der Waals surface area contributed by atoms with E-state index in [1.807, 2.05) is 6.92 Å². The lowest BCUT2D eigenvalue weighted by Crippen LogP contribution is -2.49. The molecule has 1 saturated carbocycles. The SMILES string of the molecule is CC(N)(CCCC1(C(C)(C)C)CC1)CN[C@@H](C=O)CC(=O)O. The molecule has 0 radical (unpaired) electrons. The zero-order valence-corrected chi connectivity index (χ0v) is 14.4. The number of nitrogens with one attached hydrogen (secondary N) is 1. The number of carbonyl (C=O) groups excluding carboxylic acids is 1. The number of hydrogen-bond donors (Lipinski definition) is 3. The van der Waals surface area contributed by atoms with Gasteiger partial charge in [-0.3, -0.25) is 4.79 Å². The maximum Gasteiger partial charge on any atom is 0.305 e. The highest BCUT2D eigenvalue weighted by atomic mass is 16.4. The number of hydrogen-bond acceptors (Lipinski definition) is 4. The summed E-state index contributed by atoms with van der Waals surface area (Å²) in [4.78, 5) is 21.5. The predicted octanol–water partition coefficient (Wildman–Crippen LogP) is 2.33. The quantitative estimate of drug-likeness (QED) is 0.538. The molecule has 0 aromatic rings. The second-order valence-electron chi connectivity index (χ2n) is 8.26. The summed E-state index contributed by atoms with van der Waals surface area (Å²) in [6.45, 7) is 9.34. The summed E-state index contributed by atoms with van der Waals surface area (Å²) in [6, 6.07) is -0.662. The Morgan fingerprint density at radius 1 is 1.36 bits per heavy atom. The smallest absolute Gasteiger partial charge is 0.305 e. The number of carboxylic acids is 1. The molecule has 2 atom stereocenters. The standard InChI is InChI=1S/C17H32N2O3/c1-15(2,3)17(8-9-17)7-5-6-16(4,18)12-19-13(11-20)10-14(21)22/h11,13,19H,5-10,12,18H2,1-4H3,(H,21,22)/t13-,16?/m1/s1. The number of rotatable bonds is 10. The molecule has 0 aromatic carbocycles. The maximum absolute atomic E-state index is 10.9. The summed E-state index contributed by atoms with van der Waals surface area (Å²) < 4.78 is 0. The van der Waals surface area contributed by atoms with Gasteiger partial charge in [0.25, 0.3) is 0 Å². The van der Waals surface area contributed by atoms with Gasteiger partial charge in [0.05, 0.1) is 12.5 Å². The Labute approximate surface area is 134 Å². The second-order valence-corrected chi connectivity index (χ2v) is 8.26. The van der Waals surface area contributed by atoms with Crippen LogP contribution in [-0.4, -0.2) is 35.5 Å². The van der Waals surface area contributed by atoms with Crippen molar-refractivity contribution in [1.82, 2.24) is 5.32 Å². The van der Waals surface area contributed by atoms with Crippen molar-refractivity contribution in [3.05, 3.63) is 0 Å². The molecule has 0 aliphatic heterocycles. The summed E-state index contributed by atoms with van der Waals surface area (Å²) in [5, 5.41) is 11.7. The van der Waals surface area contributed by atoms with Gasteiger partial charge in [0.15, 0.2) is 0 Å². The molecule has 0 aromatic heterocycles. The van der Waals surface area contributed by atoms with Crippen LogP contribution in [0.4, 0.5) is 0 Å². The molecule has 0 amide bonds. The fraction of sp³-hybridized carbons (Fsp3) is 0.882. The van der Waals surface area contributed by atoms with Crippen LogP contribution in [-0.2, 0) is 9.59 Å². The Morgan fingerprint density at radius 3 is 2.36 bits per heavy atom. The van der Waals surface area contributed by atoms with E-state index in [0.717, 1.165) is 12.8 Å². The van der Waals surface area contributed by atoms with Crippen molar-refractivity contribution in [2.24, 2.45) is 16.6 Å². The van der Waals surface area contributed by atoms with Crippen molar-refractivity contribution >= 4 is 12.3 Å². The van der Waals surface area contributed by atoms with Crippen molar-refractivity contribution in [3.63, 3.8) is 0 Å². The molecule has 5 nitrogen and oxygen atoms in total. The van der Waals surface area contributed by atoms with Crippen molar-refractivity contribution in [1.29, 1.82) is 0 Å². The van der Waals surface area contributed by atoms with E-state index in [1.165, 1.54) is 19.3 Å². The lowest BCUT2D eigenvalue weighted by atomic mass is 9.74. The maximum atomic E-state index is 10.9. The van der Waals surface area contributed by atoms with Crippen molar-refractivity contribution in [3.8, 4) is 0 Å². The molecular weight excluding hydrogens is 280 g/mol. The fourth-order valence-corrected chi connectivity index (χ4v) is 3.17. The van der Waals surface area contributed by atoms with Crippen molar-refractivity contribution in [2.75, 3.05) is 6.54 Å². The zero-order valence-electron chi connectivity index (χ0n) is 14.4. The van der Waals surface area contributed by atoms with Crippen LogP contribution in [0.15, 0.2) is 0 Å². The highest BCUT2D eigenvalue weighted by Crippen LogP contribution is 2.61. The van der Waals surface area contributed by atoms with Crippen LogP contribution in [0.2, 0.25) is 0 Å². The van der Waals surface area contributed by atoms with Crippen LogP contribution in [0.25, 0.3) is 0 Å². The van der Waals surface area contributed by atoms with E-state index < -0.39 is 17.6 Å². The van der Waals surface area contributed by atoms with E-state index in [4.69, 9.17) is 10.8 Å². The third-order valence-electron chi connectivity index (χ3n) is 5.17. The van der Waals surface area contributed by atoms with E-state index in [1.54, 1.807) is 0 Å². The largest absolute Gasteiger partial charge is 0.481 e. The molecule has 1 rings (SSSR count). The Hall–Kier alpha value is -0.940. The fourth-order valence-electron chi connectivity index (χ4n) is 3.17. The minimum atomic E-state index is -0.982. The van der Waals surface area contributed by atoms with Crippen LogP contribution in [0.5, 0.6) is 0 Å². The van der Waals surface area contributed by atoms with E-state index >= 15 is 0 Å². The first-order valence-electron chi connectivity index (χ1n) is 8.21. The number of aliphatic carboxylic acids is 1. The van der Waals surface area contributed by atoms with Gasteiger partial charge in [-0.15, -0.1) is 0 Å². The average Bonchev–Trinajstić information content (AvgIpc) is 3.14. The number of carboxylic acid groups (broad SMARTS) is 1. The third-order valence-corrected chi connectivity index (χ3v) is 5.17. The lowest BCUT2D eigenvalue weighted by Gasteiger charge is -2.33. The molecule has 1 unspecified atom stereocenters. The molecular formula is C17H32N2O3. The molecule has 128 valence electrons. The highest BCUT2D eigenvalue weighted by molar-refractivity contribution is 5.73. The minimum Gasteiger partial charge on any atom is -0.481 e. The van der Waals surface area contributed by atoms with Gasteiger partial charge in [-0.25, -0.2) is 0 Å². The molecule has 1 aliphatic carbocycles. The van der Waals surface area contributed by atoms with Gasteiger partial charge in [-0.05, 0) is 43.4 Å². The molecule has 0 saturated heterocycles. The molecule has 5 heteroatoms. The molecule has 0 bridgehead atoms. The van der Waals surface area contributed by atoms with E-state index in [2.05, 4.69) is 26.1 Å². The second kappa shape index (κ2) is 7.09. The first kappa shape index (κ1) is 19.1. The third kappa shape index (κ3) is 5.69. The summed E-state index contributed by atoms with van der Waals surface area (Å²) in [6.07, 6.45) is 6.18. The van der Waals surface area contributed by atoms with Crippen LogP contribution in [0, 0.1) is 10.8 Å².